The molecule has 5 nitrogen and oxygen atoms in total. The molecule has 1 amide bonds. The number of rotatable bonds is 8. The Morgan fingerprint density at radius 3 is 2.96 bits per heavy atom. The van der Waals surface area contributed by atoms with Gasteiger partial charge in [-0.05, 0) is 44.5 Å². The zero-order chi connectivity index (χ0) is 16.7. The van der Waals surface area contributed by atoms with Crippen molar-refractivity contribution in [1.82, 2.24) is 15.6 Å². The van der Waals surface area contributed by atoms with Gasteiger partial charge in [0.05, 0.1) is 18.8 Å². The molecule has 6 heteroatoms. The standard InChI is InChI=1S/C17H22ClN3O2/c1-12(2)20-11-21-17(22)4-3-9-23-16-7-8-19-15-10-13(18)5-6-14(15)16/h5-8,10,12,20H,3-4,9,11H2,1-2H3,(H,21,22). The first-order chi connectivity index (χ1) is 11.1. The fourth-order valence-electron chi connectivity index (χ4n) is 2.08. The predicted molar refractivity (Wildman–Crippen MR) is 92.8 cm³/mol. The van der Waals surface area contributed by atoms with E-state index in [9.17, 15) is 4.79 Å². The van der Waals surface area contributed by atoms with Crippen LogP contribution in [0.2, 0.25) is 5.02 Å². The topological polar surface area (TPSA) is 63.2 Å². The number of hydrogen-bond acceptors (Lipinski definition) is 4. The molecule has 2 N–H and O–H groups in total. The first-order valence-corrected chi connectivity index (χ1v) is 8.11. The number of amides is 1. The minimum absolute atomic E-state index is 0.0214. The molecule has 0 bridgehead atoms. The molecule has 0 radical (unpaired) electrons. The van der Waals surface area contributed by atoms with Crippen LogP contribution in [0.1, 0.15) is 26.7 Å². The zero-order valence-electron chi connectivity index (χ0n) is 13.4. The van der Waals surface area contributed by atoms with Crippen molar-refractivity contribution in [3.63, 3.8) is 0 Å². The molecule has 0 spiro atoms. The number of benzene rings is 1. The van der Waals surface area contributed by atoms with Crippen molar-refractivity contribution in [3.8, 4) is 5.75 Å². The summed E-state index contributed by atoms with van der Waals surface area (Å²) in [5.74, 6) is 0.779. The summed E-state index contributed by atoms with van der Waals surface area (Å²) in [6, 6.07) is 7.69. The molecular weight excluding hydrogens is 314 g/mol. The Balaban J connectivity index is 1.77. The highest BCUT2D eigenvalue weighted by Crippen LogP contribution is 2.26. The molecule has 2 aromatic rings. The highest BCUT2D eigenvalue weighted by Gasteiger charge is 2.05. The molecular formula is C17H22ClN3O2. The van der Waals surface area contributed by atoms with Gasteiger partial charge in [-0.25, -0.2) is 0 Å². The molecule has 124 valence electrons. The number of ether oxygens (including phenoxy) is 1. The third-order valence-electron chi connectivity index (χ3n) is 3.27. The number of nitrogens with one attached hydrogen (secondary N) is 2. The number of nitrogens with zero attached hydrogens (tertiary/aromatic N) is 1. The summed E-state index contributed by atoms with van der Waals surface area (Å²) in [5.41, 5.74) is 0.799. The van der Waals surface area contributed by atoms with Crippen molar-refractivity contribution in [2.24, 2.45) is 0 Å². The number of pyridine rings is 1. The molecule has 0 atom stereocenters. The van der Waals surface area contributed by atoms with Gasteiger partial charge in [-0.2, -0.15) is 0 Å². The number of aromatic nitrogens is 1. The SMILES string of the molecule is CC(C)NCNC(=O)CCCOc1ccnc2cc(Cl)ccc12. The Bertz CT molecular complexity index is 661. The first-order valence-electron chi connectivity index (χ1n) is 7.73. The quantitative estimate of drug-likeness (QED) is 0.574. The molecule has 23 heavy (non-hydrogen) atoms. The van der Waals surface area contributed by atoms with Crippen molar-refractivity contribution in [3.05, 3.63) is 35.5 Å². The van der Waals surface area contributed by atoms with Crippen LogP contribution in [0, 0.1) is 0 Å². The van der Waals surface area contributed by atoms with Gasteiger partial charge in [-0.1, -0.05) is 11.6 Å². The second-order valence-electron chi connectivity index (χ2n) is 5.56. The Morgan fingerprint density at radius 2 is 2.17 bits per heavy atom. The Morgan fingerprint density at radius 1 is 1.35 bits per heavy atom. The molecule has 1 aromatic carbocycles. The summed E-state index contributed by atoms with van der Waals surface area (Å²) in [7, 11) is 0. The lowest BCUT2D eigenvalue weighted by Gasteiger charge is -2.11. The van der Waals surface area contributed by atoms with Crippen LogP contribution < -0.4 is 15.4 Å². The molecule has 0 saturated carbocycles. The van der Waals surface area contributed by atoms with Crippen LogP contribution >= 0.6 is 11.6 Å². The third-order valence-corrected chi connectivity index (χ3v) is 3.50. The van der Waals surface area contributed by atoms with Crippen LogP contribution in [0.25, 0.3) is 10.9 Å². The van der Waals surface area contributed by atoms with Gasteiger partial charge in [-0.3, -0.25) is 15.1 Å². The van der Waals surface area contributed by atoms with E-state index in [1.54, 1.807) is 12.3 Å². The lowest BCUT2D eigenvalue weighted by Crippen LogP contribution is -2.37. The van der Waals surface area contributed by atoms with Crippen molar-refractivity contribution >= 4 is 28.4 Å². The Labute approximate surface area is 141 Å². The van der Waals surface area contributed by atoms with Gasteiger partial charge in [0.25, 0.3) is 0 Å². The summed E-state index contributed by atoms with van der Waals surface area (Å²) in [6.45, 7) is 5.04. The zero-order valence-corrected chi connectivity index (χ0v) is 14.2. The molecule has 0 saturated heterocycles. The number of carbonyl (C=O) groups is 1. The Hall–Kier alpha value is -1.85. The van der Waals surface area contributed by atoms with Crippen LogP contribution in [0.3, 0.4) is 0 Å². The van der Waals surface area contributed by atoms with E-state index >= 15 is 0 Å². The summed E-state index contributed by atoms with van der Waals surface area (Å²) < 4.78 is 5.77. The number of halogens is 1. The van der Waals surface area contributed by atoms with Crippen LogP contribution in [-0.4, -0.2) is 30.2 Å². The van der Waals surface area contributed by atoms with Gasteiger partial charge in [0.1, 0.15) is 5.75 Å². The second-order valence-corrected chi connectivity index (χ2v) is 5.99. The molecule has 0 aliphatic heterocycles. The van der Waals surface area contributed by atoms with Gasteiger partial charge in [0.15, 0.2) is 0 Å². The maximum atomic E-state index is 11.7. The first kappa shape index (κ1) is 17.5. The largest absolute Gasteiger partial charge is 0.493 e. The molecule has 0 aliphatic carbocycles. The Kier molecular flexibility index (Phi) is 6.62. The van der Waals surface area contributed by atoms with Crippen LogP contribution in [0.5, 0.6) is 5.75 Å². The molecule has 2 rings (SSSR count). The second kappa shape index (κ2) is 8.70. The summed E-state index contributed by atoms with van der Waals surface area (Å²) in [6.07, 6.45) is 2.79. The van der Waals surface area contributed by atoms with Crippen molar-refractivity contribution in [2.45, 2.75) is 32.7 Å². The van der Waals surface area contributed by atoms with Crippen molar-refractivity contribution in [2.75, 3.05) is 13.3 Å². The van der Waals surface area contributed by atoms with E-state index in [1.165, 1.54) is 0 Å². The lowest BCUT2D eigenvalue weighted by atomic mass is 10.2. The molecule has 0 aliphatic rings. The van der Waals surface area contributed by atoms with E-state index in [0.29, 0.717) is 37.2 Å². The van der Waals surface area contributed by atoms with E-state index < -0.39 is 0 Å². The fourth-order valence-corrected chi connectivity index (χ4v) is 2.24. The molecule has 0 unspecified atom stereocenters. The van der Waals surface area contributed by atoms with E-state index in [0.717, 1.165) is 16.7 Å². The lowest BCUT2D eigenvalue weighted by molar-refractivity contribution is -0.121. The highest BCUT2D eigenvalue weighted by molar-refractivity contribution is 6.31. The monoisotopic (exact) mass is 335 g/mol. The number of carbonyl (C=O) groups excluding carboxylic acids is 1. The van der Waals surface area contributed by atoms with Crippen LogP contribution in [0.15, 0.2) is 30.5 Å². The van der Waals surface area contributed by atoms with Gasteiger partial charge in [-0.15, -0.1) is 0 Å². The molecule has 1 aromatic heterocycles. The van der Waals surface area contributed by atoms with E-state index in [2.05, 4.69) is 15.6 Å². The minimum atomic E-state index is 0.0214. The van der Waals surface area contributed by atoms with Gasteiger partial charge in [0.2, 0.25) is 5.91 Å². The predicted octanol–water partition coefficient (Wildman–Crippen LogP) is 3.12. The number of fused-ring (bicyclic) bond motifs is 1. The van der Waals surface area contributed by atoms with Crippen molar-refractivity contribution < 1.29 is 9.53 Å². The average molecular weight is 336 g/mol. The molecule has 0 fully saturated rings. The van der Waals surface area contributed by atoms with E-state index in [4.69, 9.17) is 16.3 Å². The van der Waals surface area contributed by atoms with Crippen LogP contribution in [-0.2, 0) is 4.79 Å². The average Bonchev–Trinajstić information content (AvgIpc) is 2.51. The fraction of sp³-hybridized carbons (Fsp3) is 0.412. The maximum Gasteiger partial charge on any atom is 0.221 e. The maximum absolute atomic E-state index is 11.7. The van der Waals surface area contributed by atoms with Gasteiger partial charge in [0, 0.05) is 29.1 Å². The van der Waals surface area contributed by atoms with E-state index in [-0.39, 0.29) is 5.91 Å². The summed E-state index contributed by atoms with van der Waals surface area (Å²) in [5, 5.41) is 7.52. The smallest absolute Gasteiger partial charge is 0.221 e. The molecule has 1 heterocycles. The van der Waals surface area contributed by atoms with Gasteiger partial charge >= 0.3 is 0 Å². The number of hydrogen-bond donors (Lipinski definition) is 2. The van der Waals surface area contributed by atoms with Crippen LogP contribution in [0.4, 0.5) is 0 Å². The van der Waals surface area contributed by atoms with Crippen molar-refractivity contribution in [1.29, 1.82) is 0 Å². The third kappa shape index (κ3) is 5.69. The summed E-state index contributed by atoms with van der Waals surface area (Å²) >= 11 is 5.96. The normalized spacial score (nSPS) is 11.0. The minimum Gasteiger partial charge on any atom is -0.493 e. The summed E-state index contributed by atoms with van der Waals surface area (Å²) in [4.78, 5) is 15.9. The van der Waals surface area contributed by atoms with Gasteiger partial charge < -0.3 is 10.1 Å². The highest BCUT2D eigenvalue weighted by atomic mass is 35.5. The van der Waals surface area contributed by atoms with E-state index in [1.807, 2.05) is 32.0 Å².